The van der Waals surface area contributed by atoms with Crippen LogP contribution in [0.25, 0.3) is 0 Å². The molecule has 3 N–H and O–H groups in total. The van der Waals surface area contributed by atoms with Gasteiger partial charge in [0, 0.05) is 26.2 Å². The second kappa shape index (κ2) is 9.32. The molecule has 0 saturated carbocycles. The highest BCUT2D eigenvalue weighted by Gasteiger charge is 2.29. The van der Waals surface area contributed by atoms with E-state index in [-0.39, 0.29) is 11.4 Å². The number of sulfonamides is 1. The molecular weight excluding hydrogens is 304 g/mol. The number of hydrogen-bond donors (Lipinski definition) is 3. The molecule has 0 bridgehead atoms. The molecule has 0 amide bonds. The minimum absolute atomic E-state index is 0.114. The summed E-state index contributed by atoms with van der Waals surface area (Å²) in [6.45, 7) is 9.05. The summed E-state index contributed by atoms with van der Waals surface area (Å²) in [5.74, 6) is 0.862. The van der Waals surface area contributed by atoms with Crippen molar-refractivity contribution in [2.75, 3.05) is 38.5 Å². The summed E-state index contributed by atoms with van der Waals surface area (Å²) in [6.07, 6.45) is 2.83. The van der Waals surface area contributed by atoms with E-state index in [1.54, 1.807) is 6.92 Å². The number of rotatable bonds is 9. The van der Waals surface area contributed by atoms with Gasteiger partial charge in [-0.15, -0.1) is 0 Å². The molecule has 130 valence electrons. The lowest BCUT2D eigenvalue weighted by atomic mass is 10.0. The quantitative estimate of drug-likeness (QED) is 0.323. The molecule has 1 unspecified atom stereocenters. The van der Waals surface area contributed by atoms with Gasteiger partial charge < -0.3 is 15.4 Å². The monoisotopic (exact) mass is 334 g/mol. The Morgan fingerprint density at radius 1 is 1.27 bits per heavy atom. The number of nitrogens with zero attached hydrogens (tertiary/aromatic N) is 1. The smallest absolute Gasteiger partial charge is 0.211 e. The average Bonchev–Trinajstić information content (AvgIpc) is 2.91. The maximum atomic E-state index is 11.3. The number of aliphatic imine (C=N–C) groups is 1. The van der Waals surface area contributed by atoms with Crippen LogP contribution in [0, 0.1) is 0 Å². The lowest BCUT2D eigenvalue weighted by Crippen LogP contribution is -2.40. The summed E-state index contributed by atoms with van der Waals surface area (Å²) in [5.41, 5.74) is -0.154. The van der Waals surface area contributed by atoms with Gasteiger partial charge in [0.25, 0.3) is 0 Å². The molecule has 1 fully saturated rings. The second-order valence-electron chi connectivity index (χ2n) is 5.68. The molecule has 0 aromatic rings. The molecule has 1 saturated heterocycles. The predicted molar refractivity (Wildman–Crippen MR) is 89.7 cm³/mol. The molecular formula is C14H30N4O3S. The first-order valence-corrected chi connectivity index (χ1v) is 9.69. The molecule has 0 aromatic heterocycles. The lowest BCUT2D eigenvalue weighted by molar-refractivity contribution is 0.0283. The van der Waals surface area contributed by atoms with Gasteiger partial charge in [-0.05, 0) is 40.0 Å². The third kappa shape index (κ3) is 7.42. The Morgan fingerprint density at radius 3 is 2.64 bits per heavy atom. The van der Waals surface area contributed by atoms with Gasteiger partial charge >= 0.3 is 0 Å². The van der Waals surface area contributed by atoms with Crippen LogP contribution in [-0.4, -0.2) is 58.5 Å². The molecule has 0 aromatic carbocycles. The summed E-state index contributed by atoms with van der Waals surface area (Å²) < 4.78 is 30.9. The van der Waals surface area contributed by atoms with Crippen molar-refractivity contribution in [3.8, 4) is 0 Å². The van der Waals surface area contributed by atoms with E-state index in [9.17, 15) is 8.42 Å². The fraction of sp³-hybridized carbons (Fsp3) is 0.929. The molecule has 1 heterocycles. The topological polar surface area (TPSA) is 91.8 Å². The van der Waals surface area contributed by atoms with Crippen molar-refractivity contribution in [3.63, 3.8) is 0 Å². The number of ether oxygens (including phenoxy) is 1. The van der Waals surface area contributed by atoms with E-state index >= 15 is 0 Å². The minimum atomic E-state index is -3.10. The van der Waals surface area contributed by atoms with Gasteiger partial charge in [-0.3, -0.25) is 4.99 Å². The number of hydrogen-bond acceptors (Lipinski definition) is 4. The first-order valence-electron chi connectivity index (χ1n) is 8.04. The number of guanidine groups is 1. The van der Waals surface area contributed by atoms with Crippen LogP contribution in [0.15, 0.2) is 4.99 Å². The zero-order chi connectivity index (χ0) is 16.5. The van der Waals surface area contributed by atoms with E-state index in [1.165, 1.54) is 0 Å². The highest BCUT2D eigenvalue weighted by atomic mass is 32.2. The molecule has 1 aliphatic rings. The third-order valence-electron chi connectivity index (χ3n) is 3.56. The van der Waals surface area contributed by atoms with Gasteiger partial charge in [-0.25, -0.2) is 13.1 Å². The Labute approximate surface area is 134 Å². The first-order chi connectivity index (χ1) is 10.4. The van der Waals surface area contributed by atoms with E-state index in [4.69, 9.17) is 4.74 Å². The first kappa shape index (κ1) is 19.2. The van der Waals surface area contributed by atoms with Crippen LogP contribution in [0.2, 0.25) is 0 Å². The highest BCUT2D eigenvalue weighted by molar-refractivity contribution is 7.89. The standard InChI is InChI=1S/C14H30N4O3S/c1-4-15-13(17-12-14(3)8-6-11-21-14)16-9-7-10-18-22(19,20)5-2/h18H,4-12H2,1-3H3,(H2,15,16,17). The van der Waals surface area contributed by atoms with Crippen LogP contribution in [0.5, 0.6) is 0 Å². The summed E-state index contributed by atoms with van der Waals surface area (Å²) in [6, 6.07) is 0. The Kier molecular flexibility index (Phi) is 8.13. The van der Waals surface area contributed by atoms with Crippen LogP contribution >= 0.6 is 0 Å². The minimum Gasteiger partial charge on any atom is -0.373 e. The zero-order valence-electron chi connectivity index (χ0n) is 13.9. The Morgan fingerprint density at radius 2 is 2.05 bits per heavy atom. The normalized spacial score (nSPS) is 22.8. The van der Waals surface area contributed by atoms with Crippen molar-refractivity contribution in [1.82, 2.24) is 15.4 Å². The highest BCUT2D eigenvalue weighted by Crippen LogP contribution is 2.24. The molecule has 8 heteroatoms. The van der Waals surface area contributed by atoms with Crippen molar-refractivity contribution in [2.45, 2.75) is 45.6 Å². The third-order valence-corrected chi connectivity index (χ3v) is 4.97. The van der Waals surface area contributed by atoms with Gasteiger partial charge in [0.15, 0.2) is 5.96 Å². The SMILES string of the molecule is CCNC(=NCC1(C)CCCO1)NCCCNS(=O)(=O)CC. The van der Waals surface area contributed by atoms with E-state index < -0.39 is 10.0 Å². The van der Waals surface area contributed by atoms with Gasteiger partial charge in [-0.2, -0.15) is 0 Å². The van der Waals surface area contributed by atoms with Crippen LogP contribution in [-0.2, 0) is 14.8 Å². The van der Waals surface area contributed by atoms with Crippen LogP contribution in [0.3, 0.4) is 0 Å². The van der Waals surface area contributed by atoms with Crippen molar-refractivity contribution in [3.05, 3.63) is 0 Å². The summed E-state index contributed by atoms with van der Waals surface area (Å²) in [7, 11) is -3.10. The van der Waals surface area contributed by atoms with Crippen molar-refractivity contribution >= 4 is 16.0 Å². The van der Waals surface area contributed by atoms with E-state index in [0.29, 0.717) is 26.1 Å². The molecule has 22 heavy (non-hydrogen) atoms. The maximum absolute atomic E-state index is 11.3. The van der Waals surface area contributed by atoms with Gasteiger partial charge in [0.2, 0.25) is 10.0 Å². The van der Waals surface area contributed by atoms with Crippen LogP contribution < -0.4 is 15.4 Å². The zero-order valence-corrected chi connectivity index (χ0v) is 14.8. The van der Waals surface area contributed by atoms with Gasteiger partial charge in [-0.1, -0.05) is 0 Å². The Balaban J connectivity index is 2.31. The summed E-state index contributed by atoms with van der Waals surface area (Å²) in [4.78, 5) is 4.56. The van der Waals surface area contributed by atoms with Crippen molar-refractivity contribution in [2.24, 2.45) is 4.99 Å². The van der Waals surface area contributed by atoms with Crippen LogP contribution in [0.4, 0.5) is 0 Å². The lowest BCUT2D eigenvalue weighted by Gasteiger charge is -2.21. The maximum Gasteiger partial charge on any atom is 0.211 e. The molecule has 1 atom stereocenters. The molecule has 1 rings (SSSR count). The second-order valence-corrected chi connectivity index (χ2v) is 7.77. The van der Waals surface area contributed by atoms with Crippen molar-refractivity contribution < 1.29 is 13.2 Å². The summed E-state index contributed by atoms with van der Waals surface area (Å²) in [5, 5.41) is 6.40. The fourth-order valence-corrected chi connectivity index (χ4v) is 2.83. The van der Waals surface area contributed by atoms with E-state index in [0.717, 1.165) is 32.0 Å². The Bertz CT molecular complexity index is 445. The van der Waals surface area contributed by atoms with Gasteiger partial charge in [0.1, 0.15) is 0 Å². The van der Waals surface area contributed by atoms with Crippen molar-refractivity contribution in [1.29, 1.82) is 0 Å². The van der Waals surface area contributed by atoms with Crippen LogP contribution in [0.1, 0.15) is 40.0 Å². The largest absolute Gasteiger partial charge is 0.373 e. The molecule has 0 aliphatic carbocycles. The average molecular weight is 334 g/mol. The Hall–Kier alpha value is -0.860. The fourth-order valence-electron chi connectivity index (χ4n) is 2.17. The molecule has 7 nitrogen and oxygen atoms in total. The summed E-state index contributed by atoms with van der Waals surface area (Å²) >= 11 is 0. The van der Waals surface area contributed by atoms with Gasteiger partial charge in [0.05, 0.1) is 17.9 Å². The molecule has 0 radical (unpaired) electrons. The molecule has 1 aliphatic heterocycles. The van der Waals surface area contributed by atoms with E-state index in [2.05, 4.69) is 27.3 Å². The predicted octanol–water partition coefficient (Wildman–Crippen LogP) is 0.440. The number of nitrogens with one attached hydrogen (secondary N) is 3. The van der Waals surface area contributed by atoms with E-state index in [1.807, 2.05) is 6.92 Å². The molecule has 0 spiro atoms.